The largest absolute Gasteiger partial charge is 0.478 e. The highest BCUT2D eigenvalue weighted by Crippen LogP contribution is 2.35. The van der Waals surface area contributed by atoms with Crippen LogP contribution in [-0.4, -0.2) is 26.0 Å². The second kappa shape index (κ2) is 5.28. The summed E-state index contributed by atoms with van der Waals surface area (Å²) in [7, 11) is 0. The number of carbonyl (C=O) groups is 1. The second-order valence-electron chi connectivity index (χ2n) is 5.26. The van der Waals surface area contributed by atoms with Crippen LogP contribution in [0.1, 0.15) is 10.4 Å². The van der Waals surface area contributed by atoms with Gasteiger partial charge in [-0.05, 0) is 23.8 Å². The van der Waals surface area contributed by atoms with Crippen LogP contribution < -0.4 is 0 Å². The predicted octanol–water partition coefficient (Wildman–Crippen LogP) is 4.27. The molecule has 118 valence electrons. The van der Waals surface area contributed by atoms with Crippen molar-refractivity contribution in [3.05, 3.63) is 59.3 Å². The van der Waals surface area contributed by atoms with E-state index in [1.54, 1.807) is 24.4 Å². The summed E-state index contributed by atoms with van der Waals surface area (Å²) in [6, 6.07) is 7.66. The third kappa shape index (κ3) is 2.19. The van der Waals surface area contributed by atoms with Gasteiger partial charge in [0.1, 0.15) is 16.6 Å². The molecule has 0 radical (unpaired) electrons. The van der Waals surface area contributed by atoms with Crippen LogP contribution in [0.4, 0.5) is 4.39 Å². The summed E-state index contributed by atoms with van der Waals surface area (Å²) in [6.07, 6.45) is 2.70. The number of aromatic carboxylic acids is 1. The van der Waals surface area contributed by atoms with E-state index in [1.165, 1.54) is 12.1 Å². The number of aromatic nitrogens is 3. The van der Waals surface area contributed by atoms with Crippen LogP contribution in [0.25, 0.3) is 33.1 Å². The number of benzene rings is 1. The molecule has 0 bridgehead atoms. The normalized spacial score (nSPS) is 11.2. The van der Waals surface area contributed by atoms with Gasteiger partial charge in [0.25, 0.3) is 0 Å². The number of H-pyrrole nitrogens is 1. The van der Waals surface area contributed by atoms with Gasteiger partial charge in [0.05, 0.1) is 23.5 Å². The Kier molecular flexibility index (Phi) is 3.21. The summed E-state index contributed by atoms with van der Waals surface area (Å²) in [4.78, 5) is 22.2. The van der Waals surface area contributed by atoms with Crippen molar-refractivity contribution in [2.45, 2.75) is 0 Å². The van der Waals surface area contributed by atoms with Crippen molar-refractivity contribution in [3.63, 3.8) is 0 Å². The Labute approximate surface area is 139 Å². The van der Waals surface area contributed by atoms with E-state index in [1.807, 2.05) is 0 Å². The molecule has 0 saturated heterocycles. The number of nitrogens with one attached hydrogen (secondary N) is 1. The molecule has 2 N–H and O–H groups in total. The molecular formula is C17H9ClFN3O2. The molecule has 5 nitrogen and oxygen atoms in total. The number of hydrogen-bond acceptors (Lipinski definition) is 3. The molecule has 7 heteroatoms. The first-order chi connectivity index (χ1) is 11.5. The van der Waals surface area contributed by atoms with Crippen LogP contribution >= 0.6 is 11.6 Å². The zero-order chi connectivity index (χ0) is 16.8. The molecule has 0 unspecified atom stereocenters. The molecule has 0 spiro atoms. The summed E-state index contributed by atoms with van der Waals surface area (Å²) in [5.41, 5.74) is 2.23. The fourth-order valence-electron chi connectivity index (χ4n) is 2.77. The Morgan fingerprint density at radius 3 is 2.62 bits per heavy atom. The van der Waals surface area contributed by atoms with Gasteiger partial charge in [-0.15, -0.1) is 0 Å². The fourth-order valence-corrected chi connectivity index (χ4v) is 2.93. The van der Waals surface area contributed by atoms with E-state index in [4.69, 9.17) is 16.7 Å². The van der Waals surface area contributed by atoms with Crippen molar-refractivity contribution in [2.24, 2.45) is 0 Å². The minimum atomic E-state index is -1.04. The summed E-state index contributed by atoms with van der Waals surface area (Å²) in [5.74, 6) is -1.54. The maximum absolute atomic E-state index is 14.5. The van der Waals surface area contributed by atoms with Crippen molar-refractivity contribution in [2.75, 3.05) is 0 Å². The zero-order valence-corrected chi connectivity index (χ0v) is 12.8. The maximum Gasteiger partial charge on any atom is 0.335 e. The van der Waals surface area contributed by atoms with Crippen molar-refractivity contribution < 1.29 is 14.3 Å². The first-order valence-electron chi connectivity index (χ1n) is 7.00. The van der Waals surface area contributed by atoms with Crippen LogP contribution in [0.5, 0.6) is 0 Å². The third-order valence-corrected chi connectivity index (χ3v) is 4.05. The maximum atomic E-state index is 14.5. The van der Waals surface area contributed by atoms with Crippen LogP contribution in [0, 0.1) is 5.82 Å². The van der Waals surface area contributed by atoms with E-state index >= 15 is 0 Å². The lowest BCUT2D eigenvalue weighted by molar-refractivity contribution is 0.0697. The molecule has 3 heterocycles. The monoisotopic (exact) mass is 341 g/mol. The molecule has 0 atom stereocenters. The zero-order valence-electron chi connectivity index (χ0n) is 12.0. The van der Waals surface area contributed by atoms with Gasteiger partial charge in [0.2, 0.25) is 0 Å². The SMILES string of the molecule is O=C(O)c1ccc(-c2c(F)cnc3[nH]c4cnc(Cl)cc4c23)cc1. The molecule has 4 rings (SSSR count). The quantitative estimate of drug-likeness (QED) is 0.534. The van der Waals surface area contributed by atoms with Crippen LogP contribution in [0.2, 0.25) is 5.15 Å². The van der Waals surface area contributed by atoms with Crippen LogP contribution in [0.15, 0.2) is 42.7 Å². The second-order valence-corrected chi connectivity index (χ2v) is 5.65. The van der Waals surface area contributed by atoms with E-state index < -0.39 is 11.8 Å². The molecule has 24 heavy (non-hydrogen) atoms. The van der Waals surface area contributed by atoms with E-state index in [2.05, 4.69) is 15.0 Å². The third-order valence-electron chi connectivity index (χ3n) is 3.85. The summed E-state index contributed by atoms with van der Waals surface area (Å²) in [5, 5.41) is 10.6. The van der Waals surface area contributed by atoms with Gasteiger partial charge in [-0.3, -0.25) is 0 Å². The van der Waals surface area contributed by atoms with Gasteiger partial charge >= 0.3 is 5.97 Å². The Morgan fingerprint density at radius 1 is 1.17 bits per heavy atom. The number of pyridine rings is 2. The number of carboxylic acid groups (broad SMARTS) is 1. The lowest BCUT2D eigenvalue weighted by atomic mass is 10.00. The Hall–Kier alpha value is -2.99. The average molecular weight is 342 g/mol. The number of hydrogen-bond donors (Lipinski definition) is 2. The van der Waals surface area contributed by atoms with Gasteiger partial charge in [0.15, 0.2) is 0 Å². The Bertz CT molecular complexity index is 1110. The minimum absolute atomic E-state index is 0.135. The van der Waals surface area contributed by atoms with Gasteiger partial charge in [-0.25, -0.2) is 19.2 Å². The summed E-state index contributed by atoms with van der Waals surface area (Å²) < 4.78 is 14.5. The lowest BCUT2D eigenvalue weighted by Crippen LogP contribution is -1.96. The van der Waals surface area contributed by atoms with E-state index in [9.17, 15) is 9.18 Å². The average Bonchev–Trinajstić information content (AvgIpc) is 2.93. The van der Waals surface area contributed by atoms with Gasteiger partial charge < -0.3 is 10.1 Å². The molecular weight excluding hydrogens is 333 g/mol. The first-order valence-corrected chi connectivity index (χ1v) is 7.37. The van der Waals surface area contributed by atoms with Crippen molar-refractivity contribution >= 4 is 39.5 Å². The molecule has 0 aliphatic rings. The number of halogens is 2. The van der Waals surface area contributed by atoms with Crippen molar-refractivity contribution in [1.29, 1.82) is 0 Å². The van der Waals surface area contributed by atoms with Crippen molar-refractivity contribution in [3.8, 4) is 11.1 Å². The molecule has 3 aromatic heterocycles. The standard InChI is InChI=1S/C17H9ClFN3O2/c18-13-5-10-12(7-20-13)22-16-15(10)14(11(19)6-21-16)8-1-3-9(4-2-8)17(23)24/h1-7H,(H,21,22)(H,23,24). The van der Waals surface area contributed by atoms with E-state index in [0.29, 0.717) is 38.2 Å². The highest BCUT2D eigenvalue weighted by atomic mass is 35.5. The molecule has 1 aromatic carbocycles. The minimum Gasteiger partial charge on any atom is -0.478 e. The number of rotatable bonds is 2. The number of aromatic amines is 1. The molecule has 0 aliphatic heterocycles. The van der Waals surface area contributed by atoms with E-state index in [0.717, 1.165) is 6.20 Å². The highest BCUT2D eigenvalue weighted by molar-refractivity contribution is 6.30. The molecule has 0 amide bonds. The van der Waals surface area contributed by atoms with Crippen molar-refractivity contribution in [1.82, 2.24) is 15.0 Å². The van der Waals surface area contributed by atoms with Gasteiger partial charge in [-0.1, -0.05) is 23.7 Å². The Balaban J connectivity index is 2.06. The van der Waals surface area contributed by atoms with Gasteiger partial charge in [0, 0.05) is 16.3 Å². The summed E-state index contributed by atoms with van der Waals surface area (Å²) in [6.45, 7) is 0. The molecule has 4 aromatic rings. The molecule has 0 saturated carbocycles. The smallest absolute Gasteiger partial charge is 0.335 e. The van der Waals surface area contributed by atoms with Gasteiger partial charge in [-0.2, -0.15) is 0 Å². The summed E-state index contributed by atoms with van der Waals surface area (Å²) >= 11 is 5.97. The van der Waals surface area contributed by atoms with Crippen LogP contribution in [0.3, 0.4) is 0 Å². The molecule has 0 fully saturated rings. The first kappa shape index (κ1) is 14.6. The number of nitrogens with zero attached hydrogens (tertiary/aromatic N) is 2. The highest BCUT2D eigenvalue weighted by Gasteiger charge is 2.17. The number of fused-ring (bicyclic) bond motifs is 3. The molecule has 0 aliphatic carbocycles. The number of carboxylic acids is 1. The topological polar surface area (TPSA) is 78.9 Å². The predicted molar refractivity (Wildman–Crippen MR) is 88.8 cm³/mol. The lowest BCUT2D eigenvalue weighted by Gasteiger charge is -2.06. The Morgan fingerprint density at radius 2 is 1.92 bits per heavy atom. The van der Waals surface area contributed by atoms with E-state index in [-0.39, 0.29) is 5.56 Å². The van der Waals surface area contributed by atoms with Crippen LogP contribution in [-0.2, 0) is 0 Å². The fraction of sp³-hybridized carbons (Fsp3) is 0.